The molecule has 2 atom stereocenters. The van der Waals surface area contributed by atoms with Crippen LogP contribution in [0.4, 0.5) is 4.39 Å². The summed E-state index contributed by atoms with van der Waals surface area (Å²) in [6, 6.07) is 4.80. The lowest BCUT2D eigenvalue weighted by Gasteiger charge is -2.25. The van der Waals surface area contributed by atoms with Crippen LogP contribution in [0.2, 0.25) is 5.02 Å². The van der Waals surface area contributed by atoms with Crippen molar-refractivity contribution in [3.8, 4) is 0 Å². The van der Waals surface area contributed by atoms with Crippen LogP contribution in [0, 0.1) is 17.7 Å². The molecule has 2 unspecified atom stereocenters. The van der Waals surface area contributed by atoms with Crippen molar-refractivity contribution in [1.82, 2.24) is 0 Å². The van der Waals surface area contributed by atoms with Crippen molar-refractivity contribution in [1.29, 1.82) is 0 Å². The van der Waals surface area contributed by atoms with Crippen LogP contribution in [0.15, 0.2) is 18.2 Å². The number of hydrogen-bond acceptors (Lipinski definition) is 1. The van der Waals surface area contributed by atoms with Gasteiger partial charge in [-0.05, 0) is 42.9 Å². The molecular formula is C14H16ClFO. The van der Waals surface area contributed by atoms with E-state index in [0.717, 1.165) is 18.4 Å². The van der Waals surface area contributed by atoms with Crippen LogP contribution in [0.3, 0.4) is 0 Å². The molecule has 0 heterocycles. The zero-order valence-electron chi connectivity index (χ0n) is 9.88. The highest BCUT2D eigenvalue weighted by Crippen LogP contribution is 2.29. The van der Waals surface area contributed by atoms with E-state index in [1.165, 1.54) is 6.07 Å². The number of benzene rings is 1. The van der Waals surface area contributed by atoms with Crippen LogP contribution in [0.25, 0.3) is 0 Å². The Bertz CT molecular complexity index is 430. The van der Waals surface area contributed by atoms with Crippen molar-refractivity contribution >= 4 is 17.4 Å². The van der Waals surface area contributed by atoms with Gasteiger partial charge in [0.05, 0.1) is 5.02 Å². The molecule has 1 aliphatic carbocycles. The van der Waals surface area contributed by atoms with Gasteiger partial charge < -0.3 is 0 Å². The van der Waals surface area contributed by atoms with E-state index >= 15 is 0 Å². The first kappa shape index (κ1) is 12.6. The molecule has 1 aliphatic rings. The Morgan fingerprint density at radius 2 is 2.24 bits per heavy atom. The quantitative estimate of drug-likeness (QED) is 0.779. The first-order chi connectivity index (χ1) is 8.06. The molecule has 3 heteroatoms. The molecule has 0 spiro atoms. The maximum Gasteiger partial charge on any atom is 0.142 e. The van der Waals surface area contributed by atoms with Gasteiger partial charge in [0.15, 0.2) is 0 Å². The molecule has 0 bridgehead atoms. The molecule has 17 heavy (non-hydrogen) atoms. The molecule has 1 fully saturated rings. The molecule has 1 aromatic carbocycles. The second-order valence-electron chi connectivity index (χ2n) is 5.00. The summed E-state index contributed by atoms with van der Waals surface area (Å²) in [6.07, 6.45) is 3.21. The second kappa shape index (κ2) is 5.18. The number of carbonyl (C=O) groups is 1. The standard InChI is InChI=1S/C14H16ClFO/c1-9-2-5-14(17)11(6-9)7-10-3-4-12(15)13(16)8-10/h3-4,8-9,11H,2,5-7H2,1H3. The van der Waals surface area contributed by atoms with E-state index in [9.17, 15) is 9.18 Å². The van der Waals surface area contributed by atoms with Crippen LogP contribution in [0.5, 0.6) is 0 Å². The number of carbonyl (C=O) groups excluding carboxylic acids is 1. The molecule has 0 aliphatic heterocycles. The number of rotatable bonds is 2. The van der Waals surface area contributed by atoms with E-state index in [-0.39, 0.29) is 10.9 Å². The van der Waals surface area contributed by atoms with Crippen LogP contribution in [-0.4, -0.2) is 5.78 Å². The Morgan fingerprint density at radius 1 is 1.47 bits per heavy atom. The maximum absolute atomic E-state index is 13.3. The summed E-state index contributed by atoms with van der Waals surface area (Å²) in [5.74, 6) is 0.563. The minimum atomic E-state index is -0.402. The largest absolute Gasteiger partial charge is 0.299 e. The lowest BCUT2D eigenvalue weighted by molar-refractivity contribution is -0.125. The van der Waals surface area contributed by atoms with Crippen LogP contribution in [-0.2, 0) is 11.2 Å². The zero-order valence-corrected chi connectivity index (χ0v) is 10.6. The van der Waals surface area contributed by atoms with Gasteiger partial charge in [0.2, 0.25) is 0 Å². The fourth-order valence-electron chi connectivity index (χ4n) is 2.48. The molecule has 92 valence electrons. The third-order valence-corrected chi connectivity index (χ3v) is 3.80. The van der Waals surface area contributed by atoms with Crippen molar-refractivity contribution in [2.75, 3.05) is 0 Å². The highest BCUT2D eigenvalue weighted by Gasteiger charge is 2.26. The van der Waals surface area contributed by atoms with Crippen molar-refractivity contribution in [3.63, 3.8) is 0 Å². The normalized spacial score (nSPS) is 25.0. The number of ketones is 1. The van der Waals surface area contributed by atoms with Crippen LogP contribution in [0.1, 0.15) is 31.7 Å². The lowest BCUT2D eigenvalue weighted by atomic mass is 9.78. The molecule has 2 rings (SSSR count). The van der Waals surface area contributed by atoms with Gasteiger partial charge in [-0.2, -0.15) is 0 Å². The van der Waals surface area contributed by atoms with Gasteiger partial charge in [0.1, 0.15) is 11.6 Å². The molecule has 0 amide bonds. The van der Waals surface area contributed by atoms with Crippen molar-refractivity contribution in [2.45, 2.75) is 32.6 Å². The third-order valence-electron chi connectivity index (χ3n) is 3.49. The molecule has 0 aromatic heterocycles. The fraction of sp³-hybridized carbons (Fsp3) is 0.500. The van der Waals surface area contributed by atoms with Gasteiger partial charge in [-0.25, -0.2) is 4.39 Å². The summed E-state index contributed by atoms with van der Waals surface area (Å²) in [7, 11) is 0. The summed E-state index contributed by atoms with van der Waals surface area (Å²) in [4.78, 5) is 11.8. The summed E-state index contributed by atoms with van der Waals surface area (Å²) in [5, 5.41) is 0.136. The summed E-state index contributed by atoms with van der Waals surface area (Å²) >= 11 is 5.63. The minimum absolute atomic E-state index is 0.0549. The van der Waals surface area contributed by atoms with E-state index < -0.39 is 5.82 Å². The second-order valence-corrected chi connectivity index (χ2v) is 5.40. The summed E-state index contributed by atoms with van der Waals surface area (Å²) in [5.41, 5.74) is 0.861. The average molecular weight is 255 g/mol. The van der Waals surface area contributed by atoms with Gasteiger partial charge in [-0.3, -0.25) is 4.79 Å². The smallest absolute Gasteiger partial charge is 0.142 e. The zero-order chi connectivity index (χ0) is 12.4. The number of hydrogen-bond donors (Lipinski definition) is 0. The summed E-state index contributed by atoms with van der Waals surface area (Å²) in [6.45, 7) is 2.17. The first-order valence-electron chi connectivity index (χ1n) is 6.03. The Morgan fingerprint density at radius 3 is 2.94 bits per heavy atom. The van der Waals surface area contributed by atoms with E-state index in [1.54, 1.807) is 12.1 Å². The van der Waals surface area contributed by atoms with Crippen molar-refractivity contribution in [2.24, 2.45) is 11.8 Å². The van der Waals surface area contributed by atoms with Gasteiger partial charge in [-0.15, -0.1) is 0 Å². The maximum atomic E-state index is 13.3. The van der Waals surface area contributed by atoms with Crippen molar-refractivity contribution < 1.29 is 9.18 Å². The van der Waals surface area contributed by atoms with E-state index in [4.69, 9.17) is 11.6 Å². The van der Waals surface area contributed by atoms with Gasteiger partial charge in [0, 0.05) is 12.3 Å². The molecule has 0 N–H and O–H groups in total. The highest BCUT2D eigenvalue weighted by molar-refractivity contribution is 6.30. The monoisotopic (exact) mass is 254 g/mol. The van der Waals surface area contributed by atoms with E-state index in [1.807, 2.05) is 0 Å². The first-order valence-corrected chi connectivity index (χ1v) is 6.40. The fourth-order valence-corrected chi connectivity index (χ4v) is 2.59. The summed E-state index contributed by atoms with van der Waals surface area (Å²) < 4.78 is 13.3. The molecule has 0 saturated heterocycles. The van der Waals surface area contributed by atoms with E-state index in [0.29, 0.717) is 24.5 Å². The number of Topliss-reactive ketones (excluding diaryl/α,β-unsaturated/α-hetero) is 1. The topological polar surface area (TPSA) is 17.1 Å². The molecule has 1 aromatic rings. The average Bonchev–Trinajstić information content (AvgIpc) is 2.29. The van der Waals surface area contributed by atoms with Crippen LogP contribution >= 0.6 is 11.6 Å². The Labute approximate surface area is 106 Å². The van der Waals surface area contributed by atoms with Crippen molar-refractivity contribution in [3.05, 3.63) is 34.6 Å². The molecule has 0 radical (unpaired) electrons. The van der Waals surface area contributed by atoms with Gasteiger partial charge >= 0.3 is 0 Å². The van der Waals surface area contributed by atoms with Crippen LogP contribution < -0.4 is 0 Å². The Balaban J connectivity index is 2.08. The molecule has 1 saturated carbocycles. The van der Waals surface area contributed by atoms with Gasteiger partial charge in [0.25, 0.3) is 0 Å². The third kappa shape index (κ3) is 3.06. The predicted octanol–water partition coefficient (Wildman–Crippen LogP) is 4.03. The van der Waals surface area contributed by atoms with E-state index in [2.05, 4.69) is 6.92 Å². The predicted molar refractivity (Wildman–Crippen MR) is 66.6 cm³/mol. The van der Waals surface area contributed by atoms with Gasteiger partial charge in [-0.1, -0.05) is 24.6 Å². The highest BCUT2D eigenvalue weighted by atomic mass is 35.5. The molecular weight excluding hydrogens is 239 g/mol. The Kier molecular flexibility index (Phi) is 3.82. The number of halogens is 2. The Hall–Kier alpha value is -0.890. The SMILES string of the molecule is CC1CCC(=O)C(Cc2ccc(Cl)c(F)c2)C1. The molecule has 1 nitrogen and oxygen atoms in total. The lowest BCUT2D eigenvalue weighted by Crippen LogP contribution is -2.25. The minimum Gasteiger partial charge on any atom is -0.299 e.